The number of esters is 1. The van der Waals surface area contributed by atoms with E-state index in [2.05, 4.69) is 20.8 Å². The lowest BCUT2D eigenvalue weighted by atomic mass is 9.87. The Labute approximate surface area is 119 Å². The molecule has 104 valence electrons. The molecule has 0 aliphatic heterocycles. The Morgan fingerprint density at radius 2 is 1.50 bits per heavy atom. The van der Waals surface area contributed by atoms with Gasteiger partial charge in [0.15, 0.2) is 0 Å². The molecule has 2 aromatic rings. The normalized spacial score (nSPS) is 11.2. The molecule has 0 spiro atoms. The van der Waals surface area contributed by atoms with Gasteiger partial charge in [-0.25, -0.2) is 4.79 Å². The number of nitrogen functional groups attached to an aromatic ring is 1. The fourth-order valence-corrected chi connectivity index (χ4v) is 1.81. The van der Waals surface area contributed by atoms with Crippen LogP contribution in [0.15, 0.2) is 48.5 Å². The molecule has 2 N–H and O–H groups in total. The van der Waals surface area contributed by atoms with Gasteiger partial charge in [-0.15, -0.1) is 0 Å². The zero-order valence-corrected chi connectivity index (χ0v) is 12.0. The van der Waals surface area contributed by atoms with Gasteiger partial charge in [0, 0.05) is 5.69 Å². The number of hydrogen-bond acceptors (Lipinski definition) is 3. The Kier molecular flexibility index (Phi) is 3.79. The second-order valence-electron chi connectivity index (χ2n) is 5.79. The first kappa shape index (κ1) is 14.1. The number of nitrogens with two attached hydrogens (primary N) is 1. The van der Waals surface area contributed by atoms with E-state index in [9.17, 15) is 4.79 Å². The van der Waals surface area contributed by atoms with Crippen LogP contribution in [0.4, 0.5) is 5.69 Å². The molecule has 0 saturated heterocycles. The lowest BCUT2D eigenvalue weighted by Crippen LogP contribution is -2.12. The van der Waals surface area contributed by atoms with Crippen molar-refractivity contribution >= 4 is 11.7 Å². The Bertz CT molecular complexity index is 592. The summed E-state index contributed by atoms with van der Waals surface area (Å²) in [5.41, 5.74) is 8.01. The van der Waals surface area contributed by atoms with Crippen LogP contribution in [0.5, 0.6) is 5.75 Å². The van der Waals surface area contributed by atoms with E-state index in [1.165, 1.54) is 5.56 Å². The van der Waals surface area contributed by atoms with Crippen LogP contribution in [0.1, 0.15) is 36.7 Å². The number of rotatable bonds is 2. The van der Waals surface area contributed by atoms with Gasteiger partial charge in [0.05, 0.1) is 5.56 Å². The standard InChI is InChI=1S/C17H19NO2/c1-17(2,3)13-6-4-12(5-7-13)16(19)20-15-10-8-14(18)9-11-15/h4-11H,18H2,1-3H3. The Hall–Kier alpha value is -2.29. The SMILES string of the molecule is CC(C)(C)c1ccc(C(=O)Oc2ccc(N)cc2)cc1. The van der Waals surface area contributed by atoms with E-state index in [0.29, 0.717) is 17.0 Å². The van der Waals surface area contributed by atoms with Crippen molar-refractivity contribution in [2.75, 3.05) is 5.73 Å². The van der Waals surface area contributed by atoms with Crippen molar-refractivity contribution < 1.29 is 9.53 Å². The molecule has 0 amide bonds. The van der Waals surface area contributed by atoms with E-state index in [-0.39, 0.29) is 11.4 Å². The molecular formula is C17H19NO2. The molecule has 2 aromatic carbocycles. The molecule has 3 heteroatoms. The largest absolute Gasteiger partial charge is 0.423 e. The van der Waals surface area contributed by atoms with Gasteiger partial charge in [-0.1, -0.05) is 32.9 Å². The highest BCUT2D eigenvalue weighted by Gasteiger charge is 2.15. The minimum absolute atomic E-state index is 0.0688. The van der Waals surface area contributed by atoms with Crippen LogP contribution >= 0.6 is 0 Å². The van der Waals surface area contributed by atoms with Crippen molar-refractivity contribution in [1.29, 1.82) is 0 Å². The highest BCUT2D eigenvalue weighted by atomic mass is 16.5. The van der Waals surface area contributed by atoms with Crippen LogP contribution in [0.25, 0.3) is 0 Å². The van der Waals surface area contributed by atoms with Crippen molar-refractivity contribution in [2.24, 2.45) is 0 Å². The van der Waals surface area contributed by atoms with Gasteiger partial charge in [-0.05, 0) is 47.4 Å². The highest BCUT2D eigenvalue weighted by molar-refractivity contribution is 5.91. The number of benzene rings is 2. The highest BCUT2D eigenvalue weighted by Crippen LogP contribution is 2.22. The lowest BCUT2D eigenvalue weighted by molar-refractivity contribution is 0.0734. The topological polar surface area (TPSA) is 52.3 Å². The molecule has 0 radical (unpaired) electrons. The van der Waals surface area contributed by atoms with Crippen LogP contribution in [0.3, 0.4) is 0 Å². The van der Waals surface area contributed by atoms with Crippen LogP contribution in [-0.4, -0.2) is 5.97 Å². The molecular weight excluding hydrogens is 250 g/mol. The van der Waals surface area contributed by atoms with Gasteiger partial charge in [0.25, 0.3) is 0 Å². The summed E-state index contributed by atoms with van der Waals surface area (Å²) < 4.78 is 5.29. The average Bonchev–Trinajstić information content (AvgIpc) is 2.40. The smallest absolute Gasteiger partial charge is 0.343 e. The molecule has 0 aliphatic rings. The Balaban J connectivity index is 2.11. The van der Waals surface area contributed by atoms with Gasteiger partial charge in [-0.2, -0.15) is 0 Å². The third kappa shape index (κ3) is 3.38. The molecule has 0 aromatic heterocycles. The molecule has 0 bridgehead atoms. The summed E-state index contributed by atoms with van der Waals surface area (Å²) in [7, 11) is 0. The van der Waals surface area contributed by atoms with E-state index >= 15 is 0 Å². The van der Waals surface area contributed by atoms with Gasteiger partial charge in [0.1, 0.15) is 5.75 Å². The summed E-state index contributed by atoms with van der Waals surface area (Å²) in [4.78, 5) is 12.0. The van der Waals surface area contributed by atoms with E-state index in [4.69, 9.17) is 10.5 Å². The van der Waals surface area contributed by atoms with Crippen LogP contribution < -0.4 is 10.5 Å². The third-order valence-electron chi connectivity index (χ3n) is 3.08. The van der Waals surface area contributed by atoms with Gasteiger partial charge >= 0.3 is 5.97 Å². The maximum Gasteiger partial charge on any atom is 0.343 e. The number of ether oxygens (including phenoxy) is 1. The number of anilines is 1. The van der Waals surface area contributed by atoms with E-state index in [1.54, 1.807) is 36.4 Å². The average molecular weight is 269 g/mol. The molecule has 3 nitrogen and oxygen atoms in total. The second kappa shape index (κ2) is 5.37. The summed E-state index contributed by atoms with van der Waals surface area (Å²) in [5, 5.41) is 0. The fraction of sp³-hybridized carbons (Fsp3) is 0.235. The van der Waals surface area contributed by atoms with Crippen molar-refractivity contribution in [3.8, 4) is 5.75 Å². The molecule has 0 atom stereocenters. The first-order chi connectivity index (χ1) is 9.36. The molecule has 0 unspecified atom stereocenters. The van der Waals surface area contributed by atoms with Crippen LogP contribution in [0.2, 0.25) is 0 Å². The van der Waals surface area contributed by atoms with Gasteiger partial charge < -0.3 is 10.5 Å². The Morgan fingerprint density at radius 3 is 2.00 bits per heavy atom. The summed E-state index contributed by atoms with van der Waals surface area (Å²) in [6.45, 7) is 6.40. The quantitative estimate of drug-likeness (QED) is 0.512. The third-order valence-corrected chi connectivity index (χ3v) is 3.08. The van der Waals surface area contributed by atoms with Crippen LogP contribution in [0, 0.1) is 0 Å². The zero-order chi connectivity index (χ0) is 14.8. The number of hydrogen-bond donors (Lipinski definition) is 1. The van der Waals surface area contributed by atoms with Crippen LogP contribution in [-0.2, 0) is 5.41 Å². The fourth-order valence-electron chi connectivity index (χ4n) is 1.81. The Morgan fingerprint density at radius 1 is 0.950 bits per heavy atom. The summed E-state index contributed by atoms with van der Waals surface area (Å²) in [6, 6.07) is 14.3. The van der Waals surface area contributed by atoms with Crippen molar-refractivity contribution in [3.05, 3.63) is 59.7 Å². The molecule has 2 rings (SSSR count). The van der Waals surface area contributed by atoms with Gasteiger partial charge in [-0.3, -0.25) is 0 Å². The van der Waals surface area contributed by atoms with E-state index in [0.717, 1.165) is 0 Å². The molecule has 0 aliphatic carbocycles. The number of carbonyl (C=O) groups excluding carboxylic acids is 1. The van der Waals surface area contributed by atoms with E-state index in [1.807, 2.05) is 12.1 Å². The van der Waals surface area contributed by atoms with E-state index < -0.39 is 0 Å². The molecule has 0 heterocycles. The molecule has 0 saturated carbocycles. The first-order valence-electron chi connectivity index (χ1n) is 6.54. The molecule has 0 fully saturated rings. The van der Waals surface area contributed by atoms with Crippen molar-refractivity contribution in [2.45, 2.75) is 26.2 Å². The summed E-state index contributed by atoms with van der Waals surface area (Å²) in [6.07, 6.45) is 0. The monoisotopic (exact) mass is 269 g/mol. The molecule has 20 heavy (non-hydrogen) atoms. The zero-order valence-electron chi connectivity index (χ0n) is 12.0. The predicted octanol–water partition coefficient (Wildman–Crippen LogP) is 3.79. The summed E-state index contributed by atoms with van der Waals surface area (Å²) in [5.74, 6) is 0.124. The minimum Gasteiger partial charge on any atom is -0.423 e. The van der Waals surface area contributed by atoms with Crippen molar-refractivity contribution in [3.63, 3.8) is 0 Å². The summed E-state index contributed by atoms with van der Waals surface area (Å²) >= 11 is 0. The lowest BCUT2D eigenvalue weighted by Gasteiger charge is -2.18. The second-order valence-corrected chi connectivity index (χ2v) is 5.79. The maximum atomic E-state index is 12.0. The first-order valence-corrected chi connectivity index (χ1v) is 6.54. The predicted molar refractivity (Wildman–Crippen MR) is 81.0 cm³/mol. The maximum absolute atomic E-state index is 12.0. The van der Waals surface area contributed by atoms with Crippen molar-refractivity contribution in [1.82, 2.24) is 0 Å². The minimum atomic E-state index is -0.366. The number of carbonyl (C=O) groups is 1. The van der Waals surface area contributed by atoms with Gasteiger partial charge in [0.2, 0.25) is 0 Å².